The largest absolute Gasteiger partial charge is 0.240 e. The lowest BCUT2D eigenvalue weighted by molar-refractivity contribution is 0.297. The molecule has 2 aromatic rings. The quantitative estimate of drug-likeness (QED) is 0.435. The molecule has 3 rings (SSSR count). The molecular weight excluding hydrogens is 328 g/mol. The first kappa shape index (κ1) is 20.0. The zero-order valence-corrected chi connectivity index (χ0v) is 17.3. The Balaban J connectivity index is 1.53. The summed E-state index contributed by atoms with van der Waals surface area (Å²) in [6.07, 6.45) is 18.5. The summed E-state index contributed by atoms with van der Waals surface area (Å²) in [4.78, 5) is 9.48. The van der Waals surface area contributed by atoms with Crippen molar-refractivity contribution in [2.75, 3.05) is 0 Å². The molecule has 1 aromatic carbocycles. The summed E-state index contributed by atoms with van der Waals surface area (Å²) in [6.45, 7) is 4.53. The minimum Gasteiger partial charge on any atom is -0.240 e. The molecule has 1 aromatic heterocycles. The number of unbranched alkanes of at least 4 members (excludes halogenated alkanes) is 3. The fraction of sp³-hybridized carbons (Fsp3) is 0.600. The molecule has 0 radical (unpaired) electrons. The Labute approximate surface area is 165 Å². The second-order valence-electron chi connectivity index (χ2n) is 8.34. The molecule has 1 aliphatic carbocycles. The third-order valence-corrected chi connectivity index (χ3v) is 6.21. The van der Waals surface area contributed by atoms with Crippen LogP contribution in [0.15, 0.2) is 36.7 Å². The number of rotatable bonds is 9. The van der Waals surface area contributed by atoms with Crippen LogP contribution in [0, 0.1) is 5.92 Å². The van der Waals surface area contributed by atoms with Gasteiger partial charge >= 0.3 is 0 Å². The Morgan fingerprint density at radius 1 is 0.778 bits per heavy atom. The maximum absolute atomic E-state index is 4.74. The molecule has 0 bridgehead atoms. The van der Waals surface area contributed by atoms with E-state index in [1.54, 1.807) is 0 Å². The van der Waals surface area contributed by atoms with E-state index in [2.05, 4.69) is 38.1 Å². The zero-order chi connectivity index (χ0) is 18.9. The SMILES string of the molecule is CCCCC[C@H]1CC[C@H](c2ncc(-c3ccc(CCCC)cc3)cn2)CC1. The smallest absolute Gasteiger partial charge is 0.131 e. The second-order valence-corrected chi connectivity index (χ2v) is 8.34. The van der Waals surface area contributed by atoms with Crippen LogP contribution < -0.4 is 0 Å². The van der Waals surface area contributed by atoms with E-state index in [0.717, 1.165) is 17.3 Å². The highest BCUT2D eigenvalue weighted by Gasteiger charge is 2.23. The van der Waals surface area contributed by atoms with Gasteiger partial charge < -0.3 is 0 Å². The molecule has 0 atom stereocenters. The van der Waals surface area contributed by atoms with Crippen molar-refractivity contribution in [3.63, 3.8) is 0 Å². The molecule has 146 valence electrons. The maximum atomic E-state index is 4.74. The van der Waals surface area contributed by atoms with Gasteiger partial charge in [0.05, 0.1) is 0 Å². The summed E-state index contributed by atoms with van der Waals surface area (Å²) in [5.41, 5.74) is 3.78. The van der Waals surface area contributed by atoms with Gasteiger partial charge in [0.15, 0.2) is 0 Å². The van der Waals surface area contributed by atoms with Crippen molar-refractivity contribution in [1.82, 2.24) is 9.97 Å². The molecule has 0 N–H and O–H groups in total. The summed E-state index contributed by atoms with van der Waals surface area (Å²) in [5.74, 6) is 2.57. The van der Waals surface area contributed by atoms with Crippen LogP contribution in [-0.2, 0) is 6.42 Å². The molecule has 0 aliphatic heterocycles. The Morgan fingerprint density at radius 2 is 1.44 bits per heavy atom. The van der Waals surface area contributed by atoms with E-state index in [1.807, 2.05) is 12.4 Å². The monoisotopic (exact) mass is 364 g/mol. The molecule has 0 saturated heterocycles. The van der Waals surface area contributed by atoms with E-state index in [0.29, 0.717) is 5.92 Å². The molecule has 2 nitrogen and oxygen atoms in total. The van der Waals surface area contributed by atoms with Gasteiger partial charge in [-0.1, -0.05) is 70.2 Å². The van der Waals surface area contributed by atoms with Crippen molar-refractivity contribution in [1.29, 1.82) is 0 Å². The average Bonchev–Trinajstić information content (AvgIpc) is 2.73. The molecule has 0 spiro atoms. The number of nitrogens with zero attached hydrogens (tertiary/aromatic N) is 2. The van der Waals surface area contributed by atoms with Crippen molar-refractivity contribution in [3.8, 4) is 11.1 Å². The Bertz CT molecular complexity index is 652. The minimum atomic E-state index is 0.567. The van der Waals surface area contributed by atoms with Crippen LogP contribution in [0.3, 0.4) is 0 Å². The average molecular weight is 365 g/mol. The molecule has 2 heteroatoms. The second kappa shape index (κ2) is 10.6. The Kier molecular flexibility index (Phi) is 7.86. The third kappa shape index (κ3) is 5.89. The fourth-order valence-electron chi connectivity index (χ4n) is 4.34. The van der Waals surface area contributed by atoms with Gasteiger partial charge in [0.25, 0.3) is 0 Å². The van der Waals surface area contributed by atoms with E-state index in [-0.39, 0.29) is 0 Å². The summed E-state index contributed by atoms with van der Waals surface area (Å²) in [7, 11) is 0. The minimum absolute atomic E-state index is 0.567. The molecule has 27 heavy (non-hydrogen) atoms. The van der Waals surface area contributed by atoms with Crippen LogP contribution in [0.25, 0.3) is 11.1 Å². The van der Waals surface area contributed by atoms with Crippen LogP contribution in [0.1, 0.15) is 95.4 Å². The molecular formula is C25H36N2. The lowest BCUT2D eigenvalue weighted by atomic mass is 9.79. The van der Waals surface area contributed by atoms with E-state index in [4.69, 9.17) is 9.97 Å². The first-order valence-corrected chi connectivity index (χ1v) is 11.2. The third-order valence-electron chi connectivity index (χ3n) is 6.21. The summed E-state index contributed by atoms with van der Waals surface area (Å²) >= 11 is 0. The number of aryl methyl sites for hydroxylation is 1. The fourth-order valence-corrected chi connectivity index (χ4v) is 4.34. The van der Waals surface area contributed by atoms with Crippen LogP contribution in [0.4, 0.5) is 0 Å². The standard InChI is InChI=1S/C25H36N2/c1-3-5-7-9-21-12-16-23(17-13-21)25-26-18-24(19-27-25)22-14-10-20(11-15-22)8-6-4-2/h10-11,14-15,18-19,21,23H,3-9,12-13,16-17H2,1-2H3/t21-,23-. The van der Waals surface area contributed by atoms with Gasteiger partial charge in [-0.2, -0.15) is 0 Å². The van der Waals surface area contributed by atoms with E-state index >= 15 is 0 Å². The highest BCUT2D eigenvalue weighted by Crippen LogP contribution is 2.36. The molecule has 1 fully saturated rings. The number of aromatic nitrogens is 2. The molecule has 0 unspecified atom stereocenters. The number of hydrogen-bond acceptors (Lipinski definition) is 2. The lowest BCUT2D eigenvalue weighted by Gasteiger charge is -2.27. The highest BCUT2D eigenvalue weighted by molar-refractivity contribution is 5.61. The van der Waals surface area contributed by atoms with E-state index in [1.165, 1.54) is 81.8 Å². The van der Waals surface area contributed by atoms with Gasteiger partial charge in [0.1, 0.15) is 5.82 Å². The van der Waals surface area contributed by atoms with Crippen LogP contribution in [0.2, 0.25) is 0 Å². The summed E-state index contributed by atoms with van der Waals surface area (Å²) in [5, 5.41) is 0. The number of benzene rings is 1. The predicted molar refractivity (Wildman–Crippen MR) is 115 cm³/mol. The normalized spacial score (nSPS) is 19.9. The predicted octanol–water partition coefficient (Wildman–Crippen LogP) is 7.34. The van der Waals surface area contributed by atoms with Gasteiger partial charge in [-0.15, -0.1) is 0 Å². The summed E-state index contributed by atoms with van der Waals surface area (Å²) in [6, 6.07) is 8.92. The van der Waals surface area contributed by atoms with Gasteiger partial charge in [-0.05, 0) is 55.6 Å². The van der Waals surface area contributed by atoms with Crippen molar-refractivity contribution in [2.45, 2.75) is 90.4 Å². The van der Waals surface area contributed by atoms with Gasteiger partial charge in [0, 0.05) is 23.9 Å². The van der Waals surface area contributed by atoms with Crippen molar-refractivity contribution in [2.24, 2.45) is 5.92 Å². The van der Waals surface area contributed by atoms with Gasteiger partial charge in [-0.25, -0.2) is 9.97 Å². The summed E-state index contributed by atoms with van der Waals surface area (Å²) < 4.78 is 0. The van der Waals surface area contributed by atoms with Crippen LogP contribution in [0.5, 0.6) is 0 Å². The van der Waals surface area contributed by atoms with Crippen molar-refractivity contribution < 1.29 is 0 Å². The Morgan fingerprint density at radius 3 is 2.07 bits per heavy atom. The molecule has 0 amide bonds. The van der Waals surface area contributed by atoms with Gasteiger partial charge in [0.2, 0.25) is 0 Å². The first-order chi connectivity index (χ1) is 13.3. The van der Waals surface area contributed by atoms with Gasteiger partial charge in [-0.3, -0.25) is 0 Å². The highest BCUT2D eigenvalue weighted by atomic mass is 14.9. The zero-order valence-electron chi connectivity index (χ0n) is 17.3. The molecule has 1 aliphatic rings. The number of hydrogen-bond donors (Lipinski definition) is 0. The Hall–Kier alpha value is -1.70. The van der Waals surface area contributed by atoms with E-state index < -0.39 is 0 Å². The van der Waals surface area contributed by atoms with Crippen LogP contribution in [-0.4, -0.2) is 9.97 Å². The van der Waals surface area contributed by atoms with Crippen molar-refractivity contribution >= 4 is 0 Å². The van der Waals surface area contributed by atoms with Crippen LogP contribution >= 0.6 is 0 Å². The lowest BCUT2D eigenvalue weighted by Crippen LogP contribution is -2.15. The van der Waals surface area contributed by atoms with Crippen molar-refractivity contribution in [3.05, 3.63) is 48.0 Å². The molecule has 1 saturated carbocycles. The topological polar surface area (TPSA) is 25.8 Å². The van der Waals surface area contributed by atoms with E-state index in [9.17, 15) is 0 Å². The first-order valence-electron chi connectivity index (χ1n) is 11.2. The molecule has 1 heterocycles. The maximum Gasteiger partial charge on any atom is 0.131 e.